The van der Waals surface area contributed by atoms with E-state index in [1.165, 1.54) is 38.5 Å². The molecule has 5 rings (SSSR count). The van der Waals surface area contributed by atoms with Gasteiger partial charge in [-0.3, -0.25) is 4.79 Å². The van der Waals surface area contributed by atoms with Gasteiger partial charge in [0.2, 0.25) is 5.91 Å². The fourth-order valence-corrected chi connectivity index (χ4v) is 5.85. The molecule has 2 atom stereocenters. The molecule has 3 heteroatoms. The van der Waals surface area contributed by atoms with E-state index in [0.29, 0.717) is 11.5 Å². The Morgan fingerprint density at radius 2 is 1.67 bits per heavy atom. The van der Waals surface area contributed by atoms with Crippen LogP contribution in [0.2, 0.25) is 0 Å². The first-order valence-corrected chi connectivity index (χ1v) is 7.63. The average molecular weight is 248 g/mol. The second-order valence-electron chi connectivity index (χ2n) is 7.55. The van der Waals surface area contributed by atoms with Gasteiger partial charge in [0.25, 0.3) is 0 Å². The molecule has 1 amide bonds. The minimum absolute atomic E-state index is 0.193. The standard InChI is InChI=1S/C15H24N2O/c1-9(17-8-13(16)14(17)18)15-5-10-2-11(6-15)4-12(3-10)7-15/h9-13H,2-8,16H2,1H3. The zero-order chi connectivity index (χ0) is 12.5. The molecule has 0 spiro atoms. The normalized spacial score (nSPS) is 51.4. The van der Waals surface area contributed by atoms with Gasteiger partial charge in [-0.1, -0.05) is 0 Å². The van der Waals surface area contributed by atoms with E-state index in [1.54, 1.807) is 0 Å². The van der Waals surface area contributed by atoms with E-state index in [1.807, 2.05) is 0 Å². The van der Waals surface area contributed by atoms with Crippen molar-refractivity contribution < 1.29 is 4.79 Å². The highest BCUT2D eigenvalue weighted by molar-refractivity contribution is 5.88. The first-order chi connectivity index (χ1) is 8.57. The highest BCUT2D eigenvalue weighted by Crippen LogP contribution is 2.62. The van der Waals surface area contributed by atoms with E-state index < -0.39 is 0 Å². The minimum Gasteiger partial charge on any atom is -0.336 e. The van der Waals surface area contributed by atoms with Gasteiger partial charge in [0.1, 0.15) is 6.04 Å². The number of β-lactam (4-membered cyclic amide) rings is 1. The Labute approximate surface area is 109 Å². The van der Waals surface area contributed by atoms with Crippen molar-refractivity contribution in [3.8, 4) is 0 Å². The number of nitrogens with two attached hydrogens (primary N) is 1. The van der Waals surface area contributed by atoms with Crippen LogP contribution in [-0.4, -0.2) is 29.4 Å². The molecule has 0 aromatic rings. The predicted molar refractivity (Wildman–Crippen MR) is 69.8 cm³/mol. The quantitative estimate of drug-likeness (QED) is 0.757. The lowest BCUT2D eigenvalue weighted by molar-refractivity contribution is -0.158. The van der Waals surface area contributed by atoms with Crippen molar-refractivity contribution >= 4 is 5.91 Å². The average Bonchev–Trinajstić information content (AvgIpc) is 2.33. The molecule has 100 valence electrons. The highest BCUT2D eigenvalue weighted by atomic mass is 16.2. The molecule has 2 unspecified atom stereocenters. The maximum atomic E-state index is 11.9. The summed E-state index contributed by atoms with van der Waals surface area (Å²) >= 11 is 0. The van der Waals surface area contributed by atoms with Gasteiger partial charge in [-0.15, -0.1) is 0 Å². The number of hydrogen-bond donors (Lipinski definition) is 1. The largest absolute Gasteiger partial charge is 0.336 e. The lowest BCUT2D eigenvalue weighted by Gasteiger charge is -2.61. The molecule has 3 nitrogen and oxygen atoms in total. The molecule has 5 fully saturated rings. The third-order valence-electron chi connectivity index (χ3n) is 6.43. The van der Waals surface area contributed by atoms with Gasteiger partial charge in [-0.05, 0) is 68.6 Å². The zero-order valence-electron chi connectivity index (χ0n) is 11.3. The van der Waals surface area contributed by atoms with Crippen molar-refractivity contribution in [2.45, 2.75) is 57.5 Å². The summed E-state index contributed by atoms with van der Waals surface area (Å²) in [5, 5.41) is 0. The number of nitrogens with zero attached hydrogens (tertiary/aromatic N) is 1. The van der Waals surface area contributed by atoms with Crippen molar-refractivity contribution in [1.29, 1.82) is 0 Å². The summed E-state index contributed by atoms with van der Waals surface area (Å²) in [6, 6.07) is 0.222. The summed E-state index contributed by atoms with van der Waals surface area (Å²) < 4.78 is 0. The molecule has 5 aliphatic rings. The van der Waals surface area contributed by atoms with Crippen molar-refractivity contribution in [1.82, 2.24) is 4.90 Å². The molecule has 1 saturated heterocycles. The molecular weight excluding hydrogens is 224 g/mol. The van der Waals surface area contributed by atoms with Crippen LogP contribution in [0.4, 0.5) is 0 Å². The molecule has 2 N–H and O–H groups in total. The number of likely N-dealkylation sites (tertiary alicyclic amines) is 1. The number of carbonyl (C=O) groups is 1. The second kappa shape index (κ2) is 3.50. The van der Waals surface area contributed by atoms with Gasteiger partial charge in [0.05, 0.1) is 0 Å². The zero-order valence-corrected chi connectivity index (χ0v) is 11.3. The number of carbonyl (C=O) groups excluding carboxylic acids is 1. The van der Waals surface area contributed by atoms with E-state index in [4.69, 9.17) is 5.73 Å². The van der Waals surface area contributed by atoms with Crippen molar-refractivity contribution in [2.75, 3.05) is 6.54 Å². The highest BCUT2D eigenvalue weighted by Gasteiger charge is 2.56. The van der Waals surface area contributed by atoms with Crippen LogP contribution < -0.4 is 5.73 Å². The SMILES string of the molecule is CC(N1CC(N)C1=O)C12CC3CC(CC(C3)C1)C2. The topological polar surface area (TPSA) is 46.3 Å². The summed E-state index contributed by atoms with van der Waals surface area (Å²) in [4.78, 5) is 14.0. The molecule has 4 saturated carbocycles. The lowest BCUT2D eigenvalue weighted by Crippen LogP contribution is -2.68. The Bertz CT molecular complexity index is 357. The Balaban J connectivity index is 1.58. The Morgan fingerprint density at radius 1 is 1.17 bits per heavy atom. The Hall–Kier alpha value is -0.570. The van der Waals surface area contributed by atoms with Crippen molar-refractivity contribution in [2.24, 2.45) is 28.9 Å². The van der Waals surface area contributed by atoms with Crippen LogP contribution in [0.15, 0.2) is 0 Å². The minimum atomic E-state index is -0.207. The maximum Gasteiger partial charge on any atom is 0.241 e. The number of rotatable bonds is 2. The predicted octanol–water partition coefficient (Wildman–Crippen LogP) is 1.76. The van der Waals surface area contributed by atoms with Crippen LogP contribution in [0, 0.1) is 23.2 Å². The summed E-state index contributed by atoms with van der Waals surface area (Å²) in [5.74, 6) is 3.08. The molecule has 0 aromatic heterocycles. The van der Waals surface area contributed by atoms with Gasteiger partial charge in [-0.25, -0.2) is 0 Å². The first-order valence-electron chi connectivity index (χ1n) is 7.63. The third-order valence-corrected chi connectivity index (χ3v) is 6.43. The van der Waals surface area contributed by atoms with E-state index >= 15 is 0 Å². The number of amides is 1. The van der Waals surface area contributed by atoms with Gasteiger partial charge >= 0.3 is 0 Å². The molecular formula is C15H24N2O. The van der Waals surface area contributed by atoms with Crippen molar-refractivity contribution in [3.05, 3.63) is 0 Å². The molecule has 0 aromatic carbocycles. The third kappa shape index (κ3) is 1.37. The van der Waals surface area contributed by atoms with Gasteiger partial charge < -0.3 is 10.6 Å². The molecule has 4 aliphatic carbocycles. The van der Waals surface area contributed by atoms with Crippen LogP contribution in [0.3, 0.4) is 0 Å². The first kappa shape index (κ1) is 11.3. The van der Waals surface area contributed by atoms with Gasteiger partial charge in [0.15, 0.2) is 0 Å². The summed E-state index contributed by atoms with van der Waals surface area (Å²) in [7, 11) is 0. The van der Waals surface area contributed by atoms with Gasteiger partial charge in [0, 0.05) is 12.6 Å². The van der Waals surface area contributed by atoms with Crippen LogP contribution in [0.25, 0.3) is 0 Å². The van der Waals surface area contributed by atoms with Crippen LogP contribution in [0.1, 0.15) is 45.4 Å². The fourth-order valence-electron chi connectivity index (χ4n) is 5.85. The molecule has 1 aliphatic heterocycles. The summed E-state index contributed by atoms with van der Waals surface area (Å²) in [6.07, 6.45) is 8.54. The second-order valence-corrected chi connectivity index (χ2v) is 7.55. The maximum absolute atomic E-state index is 11.9. The van der Waals surface area contributed by atoms with Crippen LogP contribution in [-0.2, 0) is 4.79 Å². The molecule has 4 bridgehead atoms. The Kier molecular flexibility index (Phi) is 2.19. The summed E-state index contributed by atoms with van der Waals surface area (Å²) in [6.45, 7) is 3.08. The van der Waals surface area contributed by atoms with Crippen LogP contribution in [0.5, 0.6) is 0 Å². The van der Waals surface area contributed by atoms with E-state index in [2.05, 4.69) is 11.8 Å². The fraction of sp³-hybridized carbons (Fsp3) is 0.933. The molecule has 18 heavy (non-hydrogen) atoms. The van der Waals surface area contributed by atoms with Crippen molar-refractivity contribution in [3.63, 3.8) is 0 Å². The molecule has 0 radical (unpaired) electrons. The summed E-state index contributed by atoms with van der Waals surface area (Å²) in [5.41, 5.74) is 6.20. The smallest absolute Gasteiger partial charge is 0.241 e. The number of hydrogen-bond acceptors (Lipinski definition) is 2. The van der Waals surface area contributed by atoms with E-state index in [0.717, 1.165) is 24.3 Å². The Morgan fingerprint density at radius 3 is 2.06 bits per heavy atom. The van der Waals surface area contributed by atoms with Crippen LogP contribution >= 0.6 is 0 Å². The monoisotopic (exact) mass is 248 g/mol. The van der Waals surface area contributed by atoms with Gasteiger partial charge in [-0.2, -0.15) is 0 Å². The van der Waals surface area contributed by atoms with E-state index in [-0.39, 0.29) is 11.9 Å². The lowest BCUT2D eigenvalue weighted by atomic mass is 9.47. The van der Waals surface area contributed by atoms with E-state index in [9.17, 15) is 4.79 Å². The molecule has 1 heterocycles.